The highest BCUT2D eigenvalue weighted by molar-refractivity contribution is 4.88. The van der Waals surface area contributed by atoms with Crippen LogP contribution < -0.4 is 5.73 Å². The van der Waals surface area contributed by atoms with Crippen LogP contribution in [0.15, 0.2) is 0 Å². The third-order valence-corrected chi connectivity index (χ3v) is 4.88. The van der Waals surface area contributed by atoms with Crippen molar-refractivity contribution in [2.24, 2.45) is 11.1 Å². The van der Waals surface area contributed by atoms with Gasteiger partial charge in [0.15, 0.2) is 0 Å². The Kier molecular flexibility index (Phi) is 4.83. The zero-order valence-corrected chi connectivity index (χ0v) is 11.0. The highest BCUT2D eigenvalue weighted by atomic mass is 16.3. The van der Waals surface area contributed by atoms with Crippen molar-refractivity contribution in [3.8, 4) is 0 Å². The smallest absolute Gasteiger partial charge is 0.0583 e. The number of aliphatic hydroxyl groups excluding tert-OH is 1. The van der Waals surface area contributed by atoms with Crippen LogP contribution >= 0.6 is 0 Å². The summed E-state index contributed by atoms with van der Waals surface area (Å²) < 4.78 is 0. The SMILES string of the molecule is NC(CO)CCN1CCC2(CCCCC2)CC1. The molecule has 0 amide bonds. The quantitative estimate of drug-likeness (QED) is 0.787. The lowest BCUT2D eigenvalue weighted by Gasteiger charge is -2.44. The number of hydrogen-bond acceptors (Lipinski definition) is 3. The molecule has 1 aliphatic carbocycles. The number of nitrogens with zero attached hydrogens (tertiary/aromatic N) is 1. The van der Waals surface area contributed by atoms with Gasteiger partial charge in [0.2, 0.25) is 0 Å². The maximum Gasteiger partial charge on any atom is 0.0583 e. The molecule has 1 aliphatic heterocycles. The first-order chi connectivity index (χ1) is 8.24. The van der Waals surface area contributed by atoms with Crippen LogP contribution in [0.4, 0.5) is 0 Å². The van der Waals surface area contributed by atoms with Gasteiger partial charge in [0.05, 0.1) is 6.61 Å². The molecule has 2 fully saturated rings. The molecular formula is C14H28N2O. The predicted octanol–water partition coefficient (Wildman–Crippen LogP) is 1.74. The highest BCUT2D eigenvalue weighted by Crippen LogP contribution is 2.44. The lowest BCUT2D eigenvalue weighted by molar-refractivity contribution is 0.0653. The zero-order valence-electron chi connectivity index (χ0n) is 11.0. The Morgan fingerprint density at radius 3 is 2.29 bits per heavy atom. The van der Waals surface area contributed by atoms with Gasteiger partial charge in [-0.1, -0.05) is 19.3 Å². The van der Waals surface area contributed by atoms with E-state index in [0.717, 1.165) is 13.0 Å². The van der Waals surface area contributed by atoms with Crippen LogP contribution in [0.25, 0.3) is 0 Å². The van der Waals surface area contributed by atoms with Crippen LogP contribution in [0.2, 0.25) is 0 Å². The molecule has 1 saturated carbocycles. The number of likely N-dealkylation sites (tertiary alicyclic amines) is 1. The molecule has 3 heteroatoms. The predicted molar refractivity (Wildman–Crippen MR) is 70.9 cm³/mol. The van der Waals surface area contributed by atoms with Crippen LogP contribution in [-0.2, 0) is 0 Å². The minimum Gasteiger partial charge on any atom is -0.395 e. The number of piperidine rings is 1. The fourth-order valence-electron chi connectivity index (χ4n) is 3.49. The largest absolute Gasteiger partial charge is 0.395 e. The molecule has 3 N–H and O–H groups in total. The summed E-state index contributed by atoms with van der Waals surface area (Å²) in [5, 5.41) is 8.92. The second kappa shape index (κ2) is 6.17. The first-order valence-electron chi connectivity index (χ1n) is 7.33. The van der Waals surface area contributed by atoms with Gasteiger partial charge in [0.1, 0.15) is 0 Å². The minimum absolute atomic E-state index is 0.0273. The monoisotopic (exact) mass is 240 g/mol. The van der Waals surface area contributed by atoms with E-state index < -0.39 is 0 Å². The average molecular weight is 240 g/mol. The molecule has 1 unspecified atom stereocenters. The second-order valence-electron chi connectivity index (χ2n) is 6.13. The summed E-state index contributed by atoms with van der Waals surface area (Å²) in [5.74, 6) is 0. The topological polar surface area (TPSA) is 49.5 Å². The third-order valence-electron chi connectivity index (χ3n) is 4.88. The molecule has 1 saturated heterocycles. The Bertz CT molecular complexity index is 216. The number of hydrogen-bond donors (Lipinski definition) is 2. The Labute approximate surface area is 105 Å². The van der Waals surface area contributed by atoms with Crippen LogP contribution in [0.1, 0.15) is 51.4 Å². The Balaban J connectivity index is 1.70. The van der Waals surface area contributed by atoms with Crippen molar-refractivity contribution in [1.82, 2.24) is 4.90 Å². The van der Waals surface area contributed by atoms with Gasteiger partial charge in [-0.05, 0) is 57.2 Å². The van der Waals surface area contributed by atoms with Gasteiger partial charge in [0, 0.05) is 6.04 Å². The van der Waals surface area contributed by atoms with Crippen LogP contribution in [-0.4, -0.2) is 42.3 Å². The molecule has 0 aromatic carbocycles. The van der Waals surface area contributed by atoms with Gasteiger partial charge in [0.25, 0.3) is 0 Å². The molecule has 0 aromatic heterocycles. The number of rotatable bonds is 4. The third kappa shape index (κ3) is 3.67. The molecule has 0 radical (unpaired) electrons. The maximum absolute atomic E-state index is 8.92. The van der Waals surface area contributed by atoms with Crippen LogP contribution in [0.3, 0.4) is 0 Å². The fraction of sp³-hybridized carbons (Fsp3) is 1.00. The van der Waals surface area contributed by atoms with Gasteiger partial charge >= 0.3 is 0 Å². The average Bonchev–Trinajstić information content (AvgIpc) is 2.39. The molecule has 3 nitrogen and oxygen atoms in total. The molecule has 17 heavy (non-hydrogen) atoms. The summed E-state index contributed by atoms with van der Waals surface area (Å²) >= 11 is 0. The van der Waals surface area contributed by atoms with Gasteiger partial charge in [-0.3, -0.25) is 0 Å². The summed E-state index contributed by atoms with van der Waals surface area (Å²) in [6.07, 6.45) is 11.0. The standard InChI is InChI=1S/C14H28N2O/c15-13(12-17)4-9-16-10-7-14(8-11-16)5-2-1-3-6-14/h13,17H,1-12,15H2. The Morgan fingerprint density at radius 1 is 1.06 bits per heavy atom. The van der Waals surface area contributed by atoms with E-state index in [9.17, 15) is 0 Å². The summed E-state index contributed by atoms with van der Waals surface area (Å²) in [6.45, 7) is 3.69. The van der Waals surface area contributed by atoms with Crippen molar-refractivity contribution in [1.29, 1.82) is 0 Å². The lowest BCUT2D eigenvalue weighted by Crippen LogP contribution is -2.42. The molecule has 100 valence electrons. The second-order valence-corrected chi connectivity index (χ2v) is 6.13. The summed E-state index contributed by atoms with van der Waals surface area (Å²) in [5.41, 5.74) is 6.45. The van der Waals surface area contributed by atoms with E-state index >= 15 is 0 Å². The highest BCUT2D eigenvalue weighted by Gasteiger charge is 2.35. The molecule has 2 rings (SSSR count). The van der Waals surface area contributed by atoms with E-state index in [0.29, 0.717) is 5.41 Å². The molecule has 1 atom stereocenters. The molecule has 1 spiro atoms. The van der Waals surface area contributed by atoms with E-state index in [-0.39, 0.29) is 12.6 Å². The minimum atomic E-state index is -0.0273. The normalized spacial score (nSPS) is 27.2. The first kappa shape index (κ1) is 13.3. The number of aliphatic hydroxyl groups is 1. The van der Waals surface area contributed by atoms with Crippen molar-refractivity contribution in [2.45, 2.75) is 57.4 Å². The number of nitrogens with two attached hydrogens (primary N) is 1. The van der Waals surface area contributed by atoms with Crippen LogP contribution in [0, 0.1) is 5.41 Å². The summed E-state index contributed by atoms with van der Waals surface area (Å²) in [6, 6.07) is -0.0273. The van der Waals surface area contributed by atoms with E-state index in [4.69, 9.17) is 10.8 Å². The first-order valence-corrected chi connectivity index (χ1v) is 7.33. The van der Waals surface area contributed by atoms with E-state index in [2.05, 4.69) is 4.90 Å². The Morgan fingerprint density at radius 2 is 1.71 bits per heavy atom. The van der Waals surface area contributed by atoms with Gasteiger partial charge in [-0.15, -0.1) is 0 Å². The van der Waals surface area contributed by atoms with E-state index in [1.807, 2.05) is 0 Å². The summed E-state index contributed by atoms with van der Waals surface area (Å²) in [7, 11) is 0. The molecule has 0 bridgehead atoms. The van der Waals surface area contributed by atoms with Crippen molar-refractivity contribution in [3.63, 3.8) is 0 Å². The molecule has 1 heterocycles. The maximum atomic E-state index is 8.92. The molecule has 0 aromatic rings. The van der Waals surface area contributed by atoms with Crippen molar-refractivity contribution in [2.75, 3.05) is 26.2 Å². The van der Waals surface area contributed by atoms with E-state index in [1.54, 1.807) is 0 Å². The molecular weight excluding hydrogens is 212 g/mol. The van der Waals surface area contributed by atoms with Crippen molar-refractivity contribution < 1.29 is 5.11 Å². The van der Waals surface area contributed by atoms with Gasteiger partial charge in [-0.2, -0.15) is 0 Å². The molecule has 2 aliphatic rings. The van der Waals surface area contributed by atoms with Crippen molar-refractivity contribution >= 4 is 0 Å². The summed E-state index contributed by atoms with van der Waals surface area (Å²) in [4.78, 5) is 2.54. The van der Waals surface area contributed by atoms with Crippen LogP contribution in [0.5, 0.6) is 0 Å². The van der Waals surface area contributed by atoms with E-state index in [1.165, 1.54) is 58.0 Å². The lowest BCUT2D eigenvalue weighted by atomic mass is 9.68. The zero-order chi connectivity index (χ0) is 12.1. The fourth-order valence-corrected chi connectivity index (χ4v) is 3.49. The van der Waals surface area contributed by atoms with Crippen molar-refractivity contribution in [3.05, 3.63) is 0 Å². The van der Waals surface area contributed by atoms with Gasteiger partial charge < -0.3 is 15.7 Å². The Hall–Kier alpha value is -0.120. The van der Waals surface area contributed by atoms with Gasteiger partial charge in [-0.25, -0.2) is 0 Å².